The summed E-state index contributed by atoms with van der Waals surface area (Å²) >= 11 is 0. The SMILES string of the molecule is COc1cccc2c(C(O)CN3CCC(CO)(NCc4cc5ccccc5o4)CC3)ccnc12. The van der Waals surface area contributed by atoms with E-state index in [1.54, 1.807) is 13.3 Å². The maximum absolute atomic E-state index is 11.1. The van der Waals surface area contributed by atoms with Crippen LogP contribution in [-0.2, 0) is 6.54 Å². The molecule has 1 atom stereocenters. The zero-order chi connectivity index (χ0) is 23.5. The molecule has 3 heterocycles. The fourth-order valence-corrected chi connectivity index (χ4v) is 4.92. The van der Waals surface area contributed by atoms with Crippen LogP contribution in [0.15, 0.2) is 65.2 Å². The maximum Gasteiger partial charge on any atom is 0.145 e. The topological polar surface area (TPSA) is 91.0 Å². The number of nitrogens with zero attached hydrogens (tertiary/aromatic N) is 2. The van der Waals surface area contributed by atoms with Crippen molar-refractivity contribution >= 4 is 21.9 Å². The first-order valence-electron chi connectivity index (χ1n) is 11.8. The third kappa shape index (κ3) is 4.52. The fraction of sp³-hybridized carbons (Fsp3) is 0.370. The number of ether oxygens (including phenoxy) is 1. The molecule has 0 spiro atoms. The summed E-state index contributed by atoms with van der Waals surface area (Å²) in [5.74, 6) is 1.57. The number of piperidine rings is 1. The smallest absolute Gasteiger partial charge is 0.145 e. The Labute approximate surface area is 199 Å². The highest BCUT2D eigenvalue weighted by Gasteiger charge is 2.34. The van der Waals surface area contributed by atoms with Crippen molar-refractivity contribution in [3.8, 4) is 5.75 Å². The molecule has 3 N–H and O–H groups in total. The Morgan fingerprint density at radius 2 is 1.97 bits per heavy atom. The van der Waals surface area contributed by atoms with Crippen molar-refractivity contribution in [1.82, 2.24) is 15.2 Å². The number of methoxy groups -OCH3 is 1. The monoisotopic (exact) mass is 461 g/mol. The van der Waals surface area contributed by atoms with Gasteiger partial charge in [-0.2, -0.15) is 0 Å². The lowest BCUT2D eigenvalue weighted by molar-refractivity contribution is 0.0479. The second kappa shape index (κ2) is 9.72. The van der Waals surface area contributed by atoms with Crippen LogP contribution in [-0.4, -0.2) is 59.0 Å². The third-order valence-electron chi connectivity index (χ3n) is 7.01. The summed E-state index contributed by atoms with van der Waals surface area (Å²) < 4.78 is 11.3. The van der Waals surface area contributed by atoms with Crippen molar-refractivity contribution in [3.05, 3.63) is 72.1 Å². The molecule has 178 valence electrons. The summed E-state index contributed by atoms with van der Waals surface area (Å²) in [6.07, 6.45) is 2.67. The zero-order valence-electron chi connectivity index (χ0n) is 19.4. The standard InChI is InChI=1S/C27H31N3O4/c1-33-25-8-4-6-22-21(9-12-28-26(22)25)23(32)17-30-13-10-27(18-31,11-14-30)29-16-20-15-19-5-2-3-7-24(19)34-20/h2-9,12,15,23,29,31-32H,10-11,13-14,16-18H2,1H3. The molecule has 1 saturated heterocycles. The van der Waals surface area contributed by atoms with E-state index in [1.807, 2.05) is 54.6 Å². The predicted octanol–water partition coefficient (Wildman–Crippen LogP) is 3.64. The van der Waals surface area contributed by atoms with Gasteiger partial charge in [-0.25, -0.2) is 0 Å². The molecule has 0 saturated carbocycles. The minimum absolute atomic E-state index is 0.0679. The lowest BCUT2D eigenvalue weighted by atomic mass is 9.87. The summed E-state index contributed by atoms with van der Waals surface area (Å²) in [4.78, 5) is 6.70. The summed E-state index contributed by atoms with van der Waals surface area (Å²) in [6, 6.07) is 17.7. The van der Waals surface area contributed by atoms with E-state index in [-0.39, 0.29) is 12.1 Å². The molecule has 34 heavy (non-hydrogen) atoms. The average molecular weight is 462 g/mol. The van der Waals surface area contributed by atoms with E-state index >= 15 is 0 Å². The maximum atomic E-state index is 11.1. The lowest BCUT2D eigenvalue weighted by Gasteiger charge is -2.42. The minimum Gasteiger partial charge on any atom is -0.494 e. The number of hydrogen-bond acceptors (Lipinski definition) is 7. The number of rotatable bonds is 8. The molecule has 7 heteroatoms. The first-order valence-corrected chi connectivity index (χ1v) is 11.8. The van der Waals surface area contributed by atoms with Gasteiger partial charge in [-0.3, -0.25) is 4.98 Å². The Bertz CT molecular complexity index is 1230. The van der Waals surface area contributed by atoms with Crippen LogP contribution in [0.2, 0.25) is 0 Å². The van der Waals surface area contributed by atoms with Gasteiger partial charge in [-0.1, -0.05) is 30.3 Å². The number of hydrogen-bond donors (Lipinski definition) is 3. The number of β-amino-alcohol motifs (C(OH)–C–C–N with tert-alkyl or cyclic N) is 1. The van der Waals surface area contributed by atoms with E-state index < -0.39 is 6.10 Å². The first kappa shape index (κ1) is 22.8. The van der Waals surface area contributed by atoms with Crippen LogP contribution < -0.4 is 10.1 Å². The number of aromatic nitrogens is 1. The number of benzene rings is 2. The quantitative estimate of drug-likeness (QED) is 0.369. The second-order valence-electron chi connectivity index (χ2n) is 9.12. The van der Waals surface area contributed by atoms with E-state index in [9.17, 15) is 10.2 Å². The molecule has 0 radical (unpaired) electrons. The molecule has 1 unspecified atom stereocenters. The number of aliphatic hydroxyl groups excluding tert-OH is 2. The highest BCUT2D eigenvalue weighted by atomic mass is 16.5. The van der Waals surface area contributed by atoms with Crippen LogP contribution in [0.3, 0.4) is 0 Å². The minimum atomic E-state index is -0.636. The second-order valence-corrected chi connectivity index (χ2v) is 9.12. The van der Waals surface area contributed by atoms with Crippen LogP contribution in [0.4, 0.5) is 0 Å². The summed E-state index contributed by atoms with van der Waals surface area (Å²) in [7, 11) is 1.63. The molecule has 1 aliphatic rings. The van der Waals surface area contributed by atoms with Gasteiger partial charge >= 0.3 is 0 Å². The number of para-hydroxylation sites is 2. The average Bonchev–Trinajstić information content (AvgIpc) is 3.31. The largest absolute Gasteiger partial charge is 0.494 e. The van der Waals surface area contributed by atoms with Gasteiger partial charge in [0.15, 0.2) is 0 Å². The first-order chi connectivity index (χ1) is 16.6. The van der Waals surface area contributed by atoms with Crippen LogP contribution in [0.1, 0.15) is 30.3 Å². The number of nitrogens with one attached hydrogen (secondary N) is 1. The number of pyridine rings is 1. The van der Waals surface area contributed by atoms with Crippen molar-refractivity contribution in [2.45, 2.75) is 31.0 Å². The van der Waals surface area contributed by atoms with Crippen LogP contribution in [0.5, 0.6) is 5.75 Å². The molecule has 7 nitrogen and oxygen atoms in total. The van der Waals surface area contributed by atoms with E-state index in [1.165, 1.54) is 0 Å². The highest BCUT2D eigenvalue weighted by molar-refractivity contribution is 5.87. The van der Waals surface area contributed by atoms with Gasteiger partial charge in [-0.15, -0.1) is 0 Å². The van der Waals surface area contributed by atoms with Crippen LogP contribution in [0.25, 0.3) is 21.9 Å². The molecule has 0 bridgehead atoms. The Kier molecular flexibility index (Phi) is 6.52. The molecular formula is C27H31N3O4. The predicted molar refractivity (Wildman–Crippen MR) is 132 cm³/mol. The van der Waals surface area contributed by atoms with Gasteiger partial charge < -0.3 is 29.6 Å². The van der Waals surface area contributed by atoms with Gasteiger partial charge in [0.2, 0.25) is 0 Å². The zero-order valence-corrected chi connectivity index (χ0v) is 19.4. The van der Waals surface area contributed by atoms with Crippen molar-refractivity contribution in [2.24, 2.45) is 0 Å². The van der Waals surface area contributed by atoms with Crippen molar-refractivity contribution in [1.29, 1.82) is 0 Å². The molecule has 2 aromatic carbocycles. The summed E-state index contributed by atoms with van der Waals surface area (Å²) in [6.45, 7) is 2.75. The summed E-state index contributed by atoms with van der Waals surface area (Å²) in [5.41, 5.74) is 2.14. The van der Waals surface area contributed by atoms with E-state index in [0.29, 0.717) is 18.8 Å². The third-order valence-corrected chi connectivity index (χ3v) is 7.01. The fourth-order valence-electron chi connectivity index (χ4n) is 4.92. The number of aliphatic hydroxyl groups is 2. The summed E-state index contributed by atoms with van der Waals surface area (Å²) in [5, 5.41) is 26.8. The molecule has 0 aliphatic carbocycles. The number of furan rings is 1. The van der Waals surface area contributed by atoms with E-state index in [2.05, 4.69) is 15.2 Å². The molecule has 1 aliphatic heterocycles. The number of fused-ring (bicyclic) bond motifs is 2. The Hall–Kier alpha value is -2.97. The highest BCUT2D eigenvalue weighted by Crippen LogP contribution is 2.31. The molecule has 0 amide bonds. The van der Waals surface area contributed by atoms with E-state index in [0.717, 1.165) is 59.1 Å². The van der Waals surface area contributed by atoms with Gasteiger partial charge in [0.1, 0.15) is 22.6 Å². The Balaban J connectivity index is 1.21. The molecule has 1 fully saturated rings. The molecule has 2 aromatic heterocycles. The van der Waals surface area contributed by atoms with Crippen LogP contribution in [0, 0.1) is 0 Å². The van der Waals surface area contributed by atoms with Crippen molar-refractivity contribution in [2.75, 3.05) is 33.4 Å². The Morgan fingerprint density at radius 3 is 2.74 bits per heavy atom. The van der Waals surface area contributed by atoms with E-state index in [4.69, 9.17) is 9.15 Å². The molecule has 5 rings (SSSR count). The van der Waals surface area contributed by atoms with Gasteiger partial charge in [0.05, 0.1) is 26.4 Å². The Morgan fingerprint density at radius 1 is 1.15 bits per heavy atom. The van der Waals surface area contributed by atoms with Gasteiger partial charge in [-0.05, 0) is 42.7 Å². The molecule has 4 aromatic rings. The normalized spacial score (nSPS) is 17.3. The van der Waals surface area contributed by atoms with Crippen molar-refractivity contribution in [3.63, 3.8) is 0 Å². The van der Waals surface area contributed by atoms with Gasteiger partial charge in [0.25, 0.3) is 0 Å². The van der Waals surface area contributed by atoms with Crippen molar-refractivity contribution < 1.29 is 19.4 Å². The number of likely N-dealkylation sites (tertiary alicyclic amines) is 1. The van der Waals surface area contributed by atoms with Gasteiger partial charge in [0, 0.05) is 42.1 Å². The molecular weight excluding hydrogens is 430 g/mol. The van der Waals surface area contributed by atoms with Crippen LogP contribution >= 0.6 is 0 Å². The lowest BCUT2D eigenvalue weighted by Crippen LogP contribution is -2.55.